The standard InChI is InChI=1S/C14H15AsO2S/c18-15(16-11-13-7-3-1-4-8-13)17-12-14-9-5-2-6-10-14/h1-10,15H,11-12H2. The van der Waals surface area contributed by atoms with Crippen LogP contribution in [-0.2, 0) is 20.7 Å². The SMILES string of the molecule is S=[AsH](OCc1ccccc1)OCc1ccccc1. The zero-order chi connectivity index (χ0) is 12.6. The van der Waals surface area contributed by atoms with E-state index in [1.54, 1.807) is 0 Å². The van der Waals surface area contributed by atoms with Crippen molar-refractivity contribution in [1.29, 1.82) is 0 Å². The molecule has 0 aliphatic carbocycles. The third kappa shape index (κ3) is 4.79. The van der Waals surface area contributed by atoms with Crippen molar-refractivity contribution < 1.29 is 7.45 Å². The monoisotopic (exact) mass is 322 g/mol. The maximum absolute atomic E-state index is 5.61. The summed E-state index contributed by atoms with van der Waals surface area (Å²) < 4.78 is 11.2. The zero-order valence-corrected chi connectivity index (χ0v) is 12.8. The van der Waals surface area contributed by atoms with Crippen LogP contribution in [0, 0.1) is 0 Å². The molecular formula is C14H15AsO2S. The molecule has 0 amide bonds. The Morgan fingerprint density at radius 1 is 0.722 bits per heavy atom. The molecule has 0 unspecified atom stereocenters. The molecule has 0 atom stereocenters. The molecule has 0 saturated heterocycles. The Hall–Kier alpha value is -0.862. The molecule has 0 spiro atoms. The molecule has 4 heteroatoms. The minimum atomic E-state index is -2.23. The van der Waals surface area contributed by atoms with Gasteiger partial charge in [0.25, 0.3) is 0 Å². The molecule has 2 aromatic rings. The summed E-state index contributed by atoms with van der Waals surface area (Å²) in [6.45, 7) is 1.10. The second-order valence-electron chi connectivity index (χ2n) is 3.80. The van der Waals surface area contributed by atoms with Gasteiger partial charge in [-0.25, -0.2) is 0 Å². The zero-order valence-electron chi connectivity index (χ0n) is 9.91. The van der Waals surface area contributed by atoms with Gasteiger partial charge in [-0.1, -0.05) is 0 Å². The predicted octanol–water partition coefficient (Wildman–Crippen LogP) is 3.33. The van der Waals surface area contributed by atoms with Crippen molar-refractivity contribution in [2.75, 3.05) is 0 Å². The molecule has 18 heavy (non-hydrogen) atoms. The summed E-state index contributed by atoms with van der Waals surface area (Å²) in [6, 6.07) is 20.0. The van der Waals surface area contributed by atoms with Crippen LogP contribution >= 0.6 is 10.4 Å². The molecule has 0 aromatic heterocycles. The van der Waals surface area contributed by atoms with Crippen molar-refractivity contribution in [1.82, 2.24) is 0 Å². The van der Waals surface area contributed by atoms with E-state index in [0.29, 0.717) is 13.2 Å². The van der Waals surface area contributed by atoms with Gasteiger partial charge >= 0.3 is 117 Å². The van der Waals surface area contributed by atoms with E-state index in [9.17, 15) is 0 Å². The van der Waals surface area contributed by atoms with E-state index < -0.39 is 13.7 Å². The number of rotatable bonds is 6. The molecule has 0 saturated carbocycles. The molecule has 0 bridgehead atoms. The van der Waals surface area contributed by atoms with Gasteiger partial charge in [-0.2, -0.15) is 0 Å². The summed E-state index contributed by atoms with van der Waals surface area (Å²) in [5, 5.41) is 0. The first-order valence-electron chi connectivity index (χ1n) is 5.72. The van der Waals surface area contributed by atoms with Crippen molar-refractivity contribution >= 4 is 24.1 Å². The summed E-state index contributed by atoms with van der Waals surface area (Å²) >= 11 is -2.23. The third-order valence-corrected chi connectivity index (χ3v) is 5.22. The van der Waals surface area contributed by atoms with Gasteiger partial charge in [0.05, 0.1) is 0 Å². The topological polar surface area (TPSA) is 18.5 Å². The van der Waals surface area contributed by atoms with E-state index in [-0.39, 0.29) is 0 Å². The van der Waals surface area contributed by atoms with E-state index in [1.807, 2.05) is 60.7 Å². The van der Waals surface area contributed by atoms with Crippen molar-refractivity contribution in [2.45, 2.75) is 13.2 Å². The fraction of sp³-hybridized carbons (Fsp3) is 0.143. The van der Waals surface area contributed by atoms with E-state index >= 15 is 0 Å². The maximum atomic E-state index is 5.61. The van der Waals surface area contributed by atoms with Gasteiger partial charge < -0.3 is 0 Å². The first-order valence-corrected chi connectivity index (χ1v) is 10.4. The van der Waals surface area contributed by atoms with Gasteiger partial charge in [0.15, 0.2) is 0 Å². The summed E-state index contributed by atoms with van der Waals surface area (Å²) in [4.78, 5) is 0. The normalized spacial score (nSPS) is 10.7. The summed E-state index contributed by atoms with van der Waals surface area (Å²) in [6.07, 6.45) is 0. The van der Waals surface area contributed by atoms with Crippen LogP contribution in [0.4, 0.5) is 0 Å². The first-order chi connectivity index (χ1) is 8.84. The predicted molar refractivity (Wildman–Crippen MR) is 77.2 cm³/mol. The molecular weight excluding hydrogens is 307 g/mol. The number of hydrogen-bond acceptors (Lipinski definition) is 3. The fourth-order valence-electron chi connectivity index (χ4n) is 1.47. The Bertz CT molecular complexity index is 442. The fourth-order valence-corrected chi connectivity index (χ4v) is 3.46. The molecule has 0 N–H and O–H groups in total. The van der Waals surface area contributed by atoms with Crippen LogP contribution in [0.1, 0.15) is 11.1 Å². The van der Waals surface area contributed by atoms with Crippen molar-refractivity contribution in [3.63, 3.8) is 0 Å². The van der Waals surface area contributed by atoms with Crippen molar-refractivity contribution in [3.05, 3.63) is 71.8 Å². The Kier molecular flexibility index (Phi) is 5.69. The van der Waals surface area contributed by atoms with Crippen molar-refractivity contribution in [2.24, 2.45) is 0 Å². The van der Waals surface area contributed by atoms with Crippen molar-refractivity contribution in [3.8, 4) is 0 Å². The molecule has 2 nitrogen and oxygen atoms in total. The van der Waals surface area contributed by atoms with E-state index in [4.69, 9.17) is 17.8 Å². The third-order valence-electron chi connectivity index (χ3n) is 2.40. The van der Waals surface area contributed by atoms with E-state index in [0.717, 1.165) is 11.1 Å². The Morgan fingerprint density at radius 2 is 1.11 bits per heavy atom. The molecule has 0 heterocycles. The van der Waals surface area contributed by atoms with Crippen LogP contribution in [0.15, 0.2) is 60.7 Å². The quantitative estimate of drug-likeness (QED) is 0.760. The molecule has 0 aliphatic heterocycles. The minimum absolute atomic E-state index is 0.550. The summed E-state index contributed by atoms with van der Waals surface area (Å²) in [7, 11) is 5.26. The van der Waals surface area contributed by atoms with E-state index in [1.165, 1.54) is 0 Å². The Labute approximate surface area is 116 Å². The van der Waals surface area contributed by atoms with Crippen LogP contribution in [-0.4, -0.2) is 13.7 Å². The Morgan fingerprint density at radius 3 is 1.50 bits per heavy atom. The molecule has 0 aliphatic rings. The van der Waals surface area contributed by atoms with Gasteiger partial charge in [0, 0.05) is 0 Å². The Balaban J connectivity index is 1.73. The number of hydrogen-bond donors (Lipinski definition) is 0. The average Bonchev–Trinajstić information content (AvgIpc) is 2.45. The number of benzene rings is 2. The molecule has 0 fully saturated rings. The van der Waals surface area contributed by atoms with Gasteiger partial charge in [-0.05, 0) is 0 Å². The second-order valence-corrected chi connectivity index (χ2v) is 7.79. The summed E-state index contributed by atoms with van der Waals surface area (Å²) in [5.41, 5.74) is 2.27. The van der Waals surface area contributed by atoms with Crippen LogP contribution < -0.4 is 0 Å². The van der Waals surface area contributed by atoms with Crippen LogP contribution in [0.5, 0.6) is 0 Å². The average molecular weight is 322 g/mol. The molecule has 94 valence electrons. The van der Waals surface area contributed by atoms with Gasteiger partial charge in [-0.3, -0.25) is 0 Å². The van der Waals surface area contributed by atoms with Crippen LogP contribution in [0.25, 0.3) is 0 Å². The van der Waals surface area contributed by atoms with Gasteiger partial charge in [0.1, 0.15) is 0 Å². The van der Waals surface area contributed by atoms with Crippen LogP contribution in [0.3, 0.4) is 0 Å². The van der Waals surface area contributed by atoms with Crippen LogP contribution in [0.2, 0.25) is 0 Å². The first kappa shape index (κ1) is 13.6. The van der Waals surface area contributed by atoms with E-state index in [2.05, 4.69) is 0 Å². The molecule has 2 aromatic carbocycles. The molecule has 2 rings (SSSR count). The van der Waals surface area contributed by atoms with Gasteiger partial charge in [-0.15, -0.1) is 0 Å². The summed E-state index contributed by atoms with van der Waals surface area (Å²) in [5.74, 6) is 0. The second kappa shape index (κ2) is 7.55. The molecule has 0 radical (unpaired) electrons. The van der Waals surface area contributed by atoms with Gasteiger partial charge in [0.2, 0.25) is 0 Å².